The zero-order chi connectivity index (χ0) is 26.8. The van der Waals surface area contributed by atoms with Gasteiger partial charge in [0.15, 0.2) is 12.4 Å². The largest absolute Gasteiger partial charge is 0.458 e. The van der Waals surface area contributed by atoms with Crippen LogP contribution in [0.25, 0.3) is 0 Å². The van der Waals surface area contributed by atoms with Crippen molar-refractivity contribution in [3.8, 4) is 0 Å². The molecule has 11 nitrogen and oxygen atoms in total. The van der Waals surface area contributed by atoms with Gasteiger partial charge in [-0.3, -0.25) is 28.8 Å². The molecule has 1 heterocycles. The van der Waals surface area contributed by atoms with Crippen molar-refractivity contribution in [3.63, 3.8) is 0 Å². The third-order valence-corrected chi connectivity index (χ3v) is 5.46. The number of hydrogen-bond donors (Lipinski definition) is 4. The topological polar surface area (TPSA) is 160 Å². The number of hydrogen-bond acceptors (Lipinski definition) is 7. The minimum atomic E-state index is -1.20. The Labute approximate surface area is 207 Å². The zero-order valence-corrected chi connectivity index (χ0v) is 20.4. The molecule has 1 saturated heterocycles. The summed E-state index contributed by atoms with van der Waals surface area (Å²) in [5.41, 5.74) is -0.200. The summed E-state index contributed by atoms with van der Waals surface area (Å²) in [5.74, 6) is -6.01. The molecule has 0 spiro atoms. The summed E-state index contributed by atoms with van der Waals surface area (Å²) in [4.78, 5) is 73.6. The molecule has 36 heavy (non-hydrogen) atoms. The Morgan fingerprint density at radius 2 is 1.78 bits per heavy atom. The van der Waals surface area contributed by atoms with Gasteiger partial charge in [-0.1, -0.05) is 26.0 Å². The number of rotatable bonds is 11. The molecule has 1 aromatic carbocycles. The molecular formula is C24H31FN4O7. The Morgan fingerprint density at radius 3 is 2.36 bits per heavy atom. The molecule has 1 unspecified atom stereocenters. The minimum Gasteiger partial charge on any atom is -0.458 e. The van der Waals surface area contributed by atoms with Crippen LogP contribution in [0.15, 0.2) is 24.3 Å². The average molecular weight is 507 g/mol. The SMILES string of the molecule is CC(=O)OCC(=O)[C@H](C[C@@H]1CCNC1=O)NC(=O)C(CC(C)C)NC(=O)C(=O)Nc1ccccc1F. The molecule has 0 bridgehead atoms. The van der Waals surface area contributed by atoms with Crippen LogP contribution in [0, 0.1) is 17.7 Å². The standard InChI is InChI=1S/C24H31FN4O7/c1-13(2)10-19(29-24(35)23(34)27-17-7-5-4-6-16(17)25)22(33)28-18(20(31)12-36-14(3)30)11-15-8-9-26-21(15)32/h4-7,13,15,18-19H,8-12H2,1-3H3,(H,26,32)(H,27,34)(H,28,33)(H,29,35)/t15-,18-,19?/m0/s1. The van der Waals surface area contributed by atoms with E-state index in [4.69, 9.17) is 4.74 Å². The Kier molecular flexibility index (Phi) is 10.5. The van der Waals surface area contributed by atoms with Gasteiger partial charge in [0.1, 0.15) is 11.9 Å². The number of amides is 4. The molecule has 0 aliphatic carbocycles. The van der Waals surface area contributed by atoms with E-state index in [-0.39, 0.29) is 30.4 Å². The van der Waals surface area contributed by atoms with E-state index in [1.54, 1.807) is 13.8 Å². The van der Waals surface area contributed by atoms with Gasteiger partial charge < -0.3 is 26.0 Å². The molecule has 0 saturated carbocycles. The first-order valence-electron chi connectivity index (χ1n) is 11.6. The highest BCUT2D eigenvalue weighted by Crippen LogP contribution is 2.18. The summed E-state index contributed by atoms with van der Waals surface area (Å²) >= 11 is 0. The molecule has 1 aromatic rings. The van der Waals surface area contributed by atoms with Gasteiger partial charge in [-0.05, 0) is 37.3 Å². The number of ketones is 1. The average Bonchev–Trinajstić information content (AvgIpc) is 3.21. The number of para-hydroxylation sites is 1. The lowest BCUT2D eigenvalue weighted by Crippen LogP contribution is -2.54. The number of anilines is 1. The molecule has 1 fully saturated rings. The fraction of sp³-hybridized carbons (Fsp3) is 0.500. The van der Waals surface area contributed by atoms with Gasteiger partial charge in [0.2, 0.25) is 11.8 Å². The zero-order valence-electron chi connectivity index (χ0n) is 20.4. The van der Waals surface area contributed by atoms with Crippen LogP contribution < -0.4 is 21.3 Å². The second kappa shape index (κ2) is 13.3. The van der Waals surface area contributed by atoms with Crippen LogP contribution in [0.4, 0.5) is 10.1 Å². The van der Waals surface area contributed by atoms with Gasteiger partial charge in [-0.2, -0.15) is 0 Å². The van der Waals surface area contributed by atoms with Crippen LogP contribution >= 0.6 is 0 Å². The van der Waals surface area contributed by atoms with Crippen molar-refractivity contribution in [1.29, 1.82) is 0 Å². The summed E-state index contributed by atoms with van der Waals surface area (Å²) in [6, 6.07) is 2.91. The molecular weight excluding hydrogens is 475 g/mol. The van der Waals surface area contributed by atoms with Crippen LogP contribution in [-0.2, 0) is 33.5 Å². The van der Waals surface area contributed by atoms with Crippen molar-refractivity contribution < 1.29 is 37.9 Å². The molecule has 4 amide bonds. The van der Waals surface area contributed by atoms with E-state index in [1.165, 1.54) is 18.2 Å². The summed E-state index contributed by atoms with van der Waals surface area (Å²) in [5, 5.41) is 9.65. The van der Waals surface area contributed by atoms with E-state index in [2.05, 4.69) is 21.3 Å². The second-order valence-electron chi connectivity index (χ2n) is 8.91. The van der Waals surface area contributed by atoms with Crippen LogP contribution in [0.5, 0.6) is 0 Å². The summed E-state index contributed by atoms with van der Waals surface area (Å²) in [6.07, 6.45) is 0.571. The monoisotopic (exact) mass is 506 g/mol. The minimum absolute atomic E-state index is 0.0201. The van der Waals surface area contributed by atoms with Gasteiger partial charge >= 0.3 is 17.8 Å². The molecule has 3 atom stereocenters. The number of benzene rings is 1. The number of Topliss-reactive ketones (excluding diaryl/α,β-unsaturated/α-hetero) is 1. The first kappa shape index (κ1) is 28.4. The first-order valence-corrected chi connectivity index (χ1v) is 11.6. The fourth-order valence-corrected chi connectivity index (χ4v) is 3.64. The summed E-state index contributed by atoms with van der Waals surface area (Å²) in [7, 11) is 0. The molecule has 2 rings (SSSR count). The van der Waals surface area contributed by atoms with Gasteiger partial charge in [0, 0.05) is 19.4 Å². The predicted octanol–water partition coefficient (Wildman–Crippen LogP) is 0.438. The molecule has 0 aromatic heterocycles. The number of carbonyl (C=O) groups is 6. The summed E-state index contributed by atoms with van der Waals surface area (Å²) in [6.45, 7) is 4.55. The first-order chi connectivity index (χ1) is 17.0. The highest BCUT2D eigenvalue weighted by Gasteiger charge is 2.34. The van der Waals surface area contributed by atoms with Gasteiger partial charge in [0.05, 0.1) is 11.7 Å². The Bertz CT molecular complexity index is 1010. The third kappa shape index (κ3) is 8.75. The van der Waals surface area contributed by atoms with Crippen LogP contribution in [-0.4, -0.2) is 60.6 Å². The smallest absolute Gasteiger partial charge is 0.313 e. The van der Waals surface area contributed by atoms with Gasteiger partial charge in [0.25, 0.3) is 0 Å². The van der Waals surface area contributed by atoms with E-state index in [1.807, 2.05) is 0 Å². The van der Waals surface area contributed by atoms with E-state index in [0.717, 1.165) is 13.0 Å². The van der Waals surface area contributed by atoms with Gasteiger partial charge in [-0.15, -0.1) is 0 Å². The lowest BCUT2D eigenvalue weighted by atomic mass is 9.95. The quantitative estimate of drug-likeness (QED) is 0.250. The Balaban J connectivity index is 2.12. The van der Waals surface area contributed by atoms with Crippen LogP contribution in [0.1, 0.15) is 40.0 Å². The molecule has 1 aliphatic rings. The lowest BCUT2D eigenvalue weighted by molar-refractivity contribution is -0.147. The van der Waals surface area contributed by atoms with Gasteiger partial charge in [-0.25, -0.2) is 4.39 Å². The second-order valence-corrected chi connectivity index (χ2v) is 8.91. The Morgan fingerprint density at radius 1 is 1.08 bits per heavy atom. The number of nitrogens with one attached hydrogen (secondary N) is 4. The molecule has 12 heteroatoms. The fourth-order valence-electron chi connectivity index (χ4n) is 3.64. The molecule has 1 aliphatic heterocycles. The van der Waals surface area contributed by atoms with Crippen LogP contribution in [0.2, 0.25) is 0 Å². The van der Waals surface area contributed by atoms with E-state index in [0.29, 0.717) is 13.0 Å². The maximum absolute atomic E-state index is 13.8. The van der Waals surface area contributed by atoms with Crippen molar-refractivity contribution in [2.45, 2.75) is 52.1 Å². The lowest BCUT2D eigenvalue weighted by Gasteiger charge is -2.25. The van der Waals surface area contributed by atoms with Crippen molar-refractivity contribution >= 4 is 41.1 Å². The van der Waals surface area contributed by atoms with Crippen molar-refractivity contribution in [3.05, 3.63) is 30.1 Å². The molecule has 0 radical (unpaired) electrons. The number of ether oxygens (including phenoxy) is 1. The third-order valence-electron chi connectivity index (χ3n) is 5.46. The van der Waals surface area contributed by atoms with E-state index in [9.17, 15) is 33.2 Å². The van der Waals surface area contributed by atoms with Crippen LogP contribution in [0.3, 0.4) is 0 Å². The number of halogens is 1. The highest BCUT2D eigenvalue weighted by molar-refractivity contribution is 6.40. The normalized spacial score (nSPS) is 16.5. The van der Waals surface area contributed by atoms with E-state index < -0.39 is 59.9 Å². The Hall–Kier alpha value is -3.83. The van der Waals surface area contributed by atoms with Crippen molar-refractivity contribution in [2.24, 2.45) is 11.8 Å². The number of esters is 1. The number of carbonyl (C=O) groups excluding carboxylic acids is 6. The highest BCUT2D eigenvalue weighted by atomic mass is 19.1. The van der Waals surface area contributed by atoms with Crippen molar-refractivity contribution in [1.82, 2.24) is 16.0 Å². The molecule has 4 N–H and O–H groups in total. The predicted molar refractivity (Wildman–Crippen MR) is 126 cm³/mol. The maximum Gasteiger partial charge on any atom is 0.313 e. The van der Waals surface area contributed by atoms with E-state index >= 15 is 0 Å². The summed E-state index contributed by atoms with van der Waals surface area (Å²) < 4.78 is 18.6. The maximum atomic E-state index is 13.8. The molecule has 196 valence electrons. The van der Waals surface area contributed by atoms with Crippen molar-refractivity contribution in [2.75, 3.05) is 18.5 Å².